The first-order valence-corrected chi connectivity index (χ1v) is 8.37. The van der Waals surface area contributed by atoms with Crippen molar-refractivity contribution in [1.82, 2.24) is 19.5 Å². The van der Waals surface area contributed by atoms with Gasteiger partial charge < -0.3 is 9.32 Å². The second kappa shape index (κ2) is 6.82. The van der Waals surface area contributed by atoms with Gasteiger partial charge >= 0.3 is 0 Å². The number of rotatable bonds is 5. The summed E-state index contributed by atoms with van der Waals surface area (Å²) in [5.74, 6) is 0.913. The van der Waals surface area contributed by atoms with Crippen LogP contribution in [-0.4, -0.2) is 38.2 Å². The van der Waals surface area contributed by atoms with E-state index in [0.717, 1.165) is 5.76 Å². The fourth-order valence-electron chi connectivity index (χ4n) is 1.96. The summed E-state index contributed by atoms with van der Waals surface area (Å²) in [5, 5.41) is 9.50. The Balaban J connectivity index is 1.67. The molecule has 0 saturated carbocycles. The molecule has 23 heavy (non-hydrogen) atoms. The monoisotopic (exact) mass is 370 g/mol. The lowest BCUT2D eigenvalue weighted by atomic mass is 10.4. The molecule has 0 aliphatic carbocycles. The van der Waals surface area contributed by atoms with E-state index in [9.17, 15) is 4.79 Å². The van der Waals surface area contributed by atoms with Gasteiger partial charge in [-0.3, -0.25) is 9.20 Å². The Bertz CT molecular complexity index is 835. The number of pyridine rings is 1. The maximum atomic E-state index is 12.2. The lowest BCUT2D eigenvalue weighted by Gasteiger charge is -2.15. The van der Waals surface area contributed by atoms with Gasteiger partial charge in [0, 0.05) is 13.2 Å². The highest BCUT2D eigenvalue weighted by atomic mass is 35.5. The minimum Gasteiger partial charge on any atom is -0.467 e. The zero-order valence-electron chi connectivity index (χ0n) is 12.1. The molecular formula is C14H12Cl2N4O2S. The predicted molar refractivity (Wildman–Crippen MR) is 88.9 cm³/mol. The summed E-state index contributed by atoms with van der Waals surface area (Å²) < 4.78 is 6.91. The number of halogens is 2. The van der Waals surface area contributed by atoms with E-state index in [1.54, 1.807) is 40.9 Å². The van der Waals surface area contributed by atoms with Crippen LogP contribution in [0.1, 0.15) is 5.76 Å². The van der Waals surface area contributed by atoms with Crippen LogP contribution in [0.25, 0.3) is 5.65 Å². The Hall–Kier alpha value is -1.70. The van der Waals surface area contributed by atoms with Crippen LogP contribution in [-0.2, 0) is 11.3 Å². The van der Waals surface area contributed by atoms with Crippen molar-refractivity contribution in [1.29, 1.82) is 0 Å². The Morgan fingerprint density at radius 2 is 2.26 bits per heavy atom. The van der Waals surface area contributed by atoms with Gasteiger partial charge in [0.05, 0.1) is 28.6 Å². The van der Waals surface area contributed by atoms with Crippen LogP contribution in [0.2, 0.25) is 10.0 Å². The standard InChI is InChI=1S/C14H12Cl2N4O2S/c1-19(7-10-3-2-4-22-10)12(21)8-23-14-18-17-13-11(16)5-9(15)6-20(13)14/h2-6H,7-8H2,1H3. The SMILES string of the molecule is CN(Cc1ccco1)C(=O)CSc1nnc2c(Cl)cc(Cl)cn12. The summed E-state index contributed by atoms with van der Waals surface area (Å²) >= 11 is 13.3. The largest absolute Gasteiger partial charge is 0.467 e. The summed E-state index contributed by atoms with van der Waals surface area (Å²) in [6, 6.07) is 5.22. The predicted octanol–water partition coefficient (Wildman–Crippen LogP) is 3.38. The number of carbonyl (C=O) groups excluding carboxylic acids is 1. The minimum atomic E-state index is -0.0451. The number of amides is 1. The van der Waals surface area contributed by atoms with E-state index in [1.165, 1.54) is 11.8 Å². The maximum Gasteiger partial charge on any atom is 0.233 e. The molecule has 120 valence electrons. The highest BCUT2D eigenvalue weighted by Gasteiger charge is 2.15. The molecule has 0 unspecified atom stereocenters. The Labute approximate surface area is 146 Å². The summed E-state index contributed by atoms with van der Waals surface area (Å²) in [4.78, 5) is 13.8. The van der Waals surface area contributed by atoms with Crippen LogP contribution in [0.15, 0.2) is 40.2 Å². The Kier molecular flexibility index (Phi) is 4.79. The third-order valence-corrected chi connectivity index (χ3v) is 4.53. The molecule has 0 N–H and O–H groups in total. The van der Waals surface area contributed by atoms with Crippen LogP contribution in [0, 0.1) is 0 Å². The van der Waals surface area contributed by atoms with Crippen molar-refractivity contribution < 1.29 is 9.21 Å². The van der Waals surface area contributed by atoms with E-state index in [2.05, 4.69) is 10.2 Å². The van der Waals surface area contributed by atoms with Gasteiger partial charge in [-0.25, -0.2) is 0 Å². The molecule has 0 saturated heterocycles. The molecule has 0 aliphatic rings. The third-order valence-electron chi connectivity index (χ3n) is 3.12. The molecule has 0 radical (unpaired) electrons. The molecule has 0 fully saturated rings. The molecule has 0 spiro atoms. The number of furan rings is 1. The van der Waals surface area contributed by atoms with E-state index >= 15 is 0 Å². The van der Waals surface area contributed by atoms with Gasteiger partial charge in [-0.05, 0) is 18.2 Å². The van der Waals surface area contributed by atoms with Gasteiger partial charge in [0.15, 0.2) is 10.8 Å². The van der Waals surface area contributed by atoms with Crippen LogP contribution >= 0.6 is 35.0 Å². The normalized spacial score (nSPS) is 11.1. The van der Waals surface area contributed by atoms with E-state index < -0.39 is 0 Å². The van der Waals surface area contributed by atoms with Crippen molar-refractivity contribution in [3.8, 4) is 0 Å². The van der Waals surface area contributed by atoms with Crippen molar-refractivity contribution in [3.05, 3.63) is 46.5 Å². The number of aromatic nitrogens is 3. The van der Waals surface area contributed by atoms with Gasteiger partial charge in [-0.1, -0.05) is 35.0 Å². The first-order chi connectivity index (χ1) is 11.0. The zero-order chi connectivity index (χ0) is 16.4. The topological polar surface area (TPSA) is 63.6 Å². The summed E-state index contributed by atoms with van der Waals surface area (Å²) in [6.45, 7) is 0.421. The Morgan fingerprint density at radius 1 is 1.43 bits per heavy atom. The lowest BCUT2D eigenvalue weighted by Crippen LogP contribution is -2.27. The lowest BCUT2D eigenvalue weighted by molar-refractivity contribution is -0.127. The van der Waals surface area contributed by atoms with Crippen LogP contribution < -0.4 is 0 Å². The quantitative estimate of drug-likeness (QED) is 0.644. The average molecular weight is 371 g/mol. The Morgan fingerprint density at radius 3 is 3.00 bits per heavy atom. The van der Waals surface area contributed by atoms with Crippen molar-refractivity contribution in [2.24, 2.45) is 0 Å². The smallest absolute Gasteiger partial charge is 0.233 e. The fourth-order valence-corrected chi connectivity index (χ4v) is 3.32. The molecule has 0 bridgehead atoms. The van der Waals surface area contributed by atoms with E-state index in [1.807, 2.05) is 6.07 Å². The minimum absolute atomic E-state index is 0.0451. The van der Waals surface area contributed by atoms with E-state index in [-0.39, 0.29) is 11.7 Å². The first-order valence-electron chi connectivity index (χ1n) is 6.63. The molecule has 6 nitrogen and oxygen atoms in total. The van der Waals surface area contributed by atoms with Crippen LogP contribution in [0.3, 0.4) is 0 Å². The summed E-state index contributed by atoms with van der Waals surface area (Å²) in [6.07, 6.45) is 3.25. The second-order valence-corrected chi connectivity index (χ2v) is 6.59. The molecule has 0 aromatic carbocycles. The average Bonchev–Trinajstić information content (AvgIpc) is 3.14. The van der Waals surface area contributed by atoms with Crippen molar-refractivity contribution >= 4 is 46.5 Å². The number of carbonyl (C=O) groups is 1. The molecule has 0 atom stereocenters. The molecule has 3 rings (SSSR count). The zero-order valence-corrected chi connectivity index (χ0v) is 14.4. The van der Waals surface area contributed by atoms with E-state index in [4.69, 9.17) is 27.6 Å². The van der Waals surface area contributed by atoms with Gasteiger partial charge in [0.25, 0.3) is 0 Å². The van der Waals surface area contributed by atoms with Gasteiger partial charge in [0.1, 0.15) is 5.76 Å². The molecule has 3 aromatic heterocycles. The number of thioether (sulfide) groups is 1. The molecular weight excluding hydrogens is 359 g/mol. The van der Waals surface area contributed by atoms with Gasteiger partial charge in [-0.2, -0.15) is 0 Å². The molecule has 3 aromatic rings. The first kappa shape index (κ1) is 16.2. The van der Waals surface area contributed by atoms with Crippen molar-refractivity contribution in [2.75, 3.05) is 12.8 Å². The maximum absolute atomic E-state index is 12.2. The fraction of sp³-hybridized carbons (Fsp3) is 0.214. The highest BCUT2D eigenvalue weighted by Crippen LogP contribution is 2.25. The van der Waals surface area contributed by atoms with Gasteiger partial charge in [0.2, 0.25) is 5.91 Å². The van der Waals surface area contributed by atoms with Crippen molar-refractivity contribution in [2.45, 2.75) is 11.7 Å². The molecule has 9 heteroatoms. The van der Waals surface area contributed by atoms with Crippen LogP contribution in [0.4, 0.5) is 0 Å². The number of nitrogens with zero attached hydrogens (tertiary/aromatic N) is 4. The number of fused-ring (bicyclic) bond motifs is 1. The molecule has 1 amide bonds. The van der Waals surface area contributed by atoms with Crippen molar-refractivity contribution in [3.63, 3.8) is 0 Å². The van der Waals surface area contributed by atoms with Crippen LogP contribution in [0.5, 0.6) is 0 Å². The summed E-state index contributed by atoms with van der Waals surface area (Å²) in [7, 11) is 1.72. The highest BCUT2D eigenvalue weighted by molar-refractivity contribution is 7.99. The second-order valence-electron chi connectivity index (χ2n) is 4.80. The molecule has 0 aliphatic heterocycles. The van der Waals surface area contributed by atoms with Gasteiger partial charge in [-0.15, -0.1) is 10.2 Å². The van der Waals surface area contributed by atoms with E-state index in [0.29, 0.717) is 27.4 Å². The summed E-state index contributed by atoms with van der Waals surface area (Å²) in [5.41, 5.74) is 0.509. The third kappa shape index (κ3) is 3.63. The number of hydrogen-bond donors (Lipinski definition) is 0. The molecule has 3 heterocycles. The number of hydrogen-bond acceptors (Lipinski definition) is 5.